The molecule has 0 fully saturated rings. The normalized spacial score (nSPS) is 14.7. The summed E-state index contributed by atoms with van der Waals surface area (Å²) < 4.78 is 7.91. The van der Waals surface area contributed by atoms with E-state index < -0.39 is 17.2 Å². The Morgan fingerprint density at radius 1 is 1.22 bits per heavy atom. The van der Waals surface area contributed by atoms with Crippen molar-refractivity contribution in [1.29, 1.82) is 0 Å². The van der Waals surface area contributed by atoms with Crippen LogP contribution in [0.2, 0.25) is 0 Å². The van der Waals surface area contributed by atoms with Gasteiger partial charge in [-0.05, 0) is 29.4 Å². The number of hydrogen-bond donors (Lipinski definition) is 1. The van der Waals surface area contributed by atoms with Crippen LogP contribution in [0.1, 0.15) is 15.2 Å². The van der Waals surface area contributed by atoms with Crippen LogP contribution in [0.4, 0.5) is 0 Å². The smallest absolute Gasteiger partial charge is 0.348 e. The van der Waals surface area contributed by atoms with Gasteiger partial charge in [-0.2, -0.15) is 4.94 Å². The molecule has 0 spiro atoms. The first-order chi connectivity index (χ1) is 15.5. The molecule has 1 N–H and O–H groups in total. The van der Waals surface area contributed by atoms with Gasteiger partial charge in [0, 0.05) is 13.2 Å². The Morgan fingerprint density at radius 2 is 2.03 bits per heavy atom. The number of benzene rings is 1. The van der Waals surface area contributed by atoms with Gasteiger partial charge in [0.15, 0.2) is 0 Å². The van der Waals surface area contributed by atoms with Crippen LogP contribution in [-0.2, 0) is 29.9 Å². The molecule has 162 valence electrons. The lowest BCUT2D eigenvalue weighted by Crippen LogP contribution is -2.39. The maximum Gasteiger partial charge on any atom is 0.348 e. The van der Waals surface area contributed by atoms with Crippen molar-refractivity contribution < 1.29 is 14.5 Å². The number of hydroxylamine groups is 3. The summed E-state index contributed by atoms with van der Waals surface area (Å²) in [5.41, 5.74) is 4.10. The van der Waals surface area contributed by atoms with E-state index in [-0.39, 0.29) is 18.0 Å². The maximum absolute atomic E-state index is 13.1. The fourth-order valence-electron chi connectivity index (χ4n) is 3.48. The minimum Gasteiger partial charge on any atom is -0.457 e. The monoisotopic (exact) mass is 450 g/mol. The number of thiophene rings is 1. The summed E-state index contributed by atoms with van der Waals surface area (Å²) in [7, 11) is 1.58. The third kappa shape index (κ3) is 3.55. The van der Waals surface area contributed by atoms with Gasteiger partial charge in [0.05, 0.1) is 23.8 Å². The third-order valence-corrected chi connectivity index (χ3v) is 6.33. The second kappa shape index (κ2) is 7.98. The summed E-state index contributed by atoms with van der Waals surface area (Å²) in [5.74, 6) is -0.535. The molecule has 2 aromatic heterocycles. The van der Waals surface area contributed by atoms with Crippen molar-refractivity contribution in [3.05, 3.63) is 103 Å². The zero-order chi connectivity index (χ0) is 22.2. The molecule has 5 rings (SSSR count). The van der Waals surface area contributed by atoms with Crippen LogP contribution in [0.15, 0.2) is 81.8 Å². The standard InChI is InChI=1S/C22H18N4O5S/c1-24-20-17(10-18(32-20)21(28)30-13-14-5-3-2-4-6-14)19(27)25(22(24)29)12-15-7-8-26-16(9-15)11-23-31-26/h2-11,23H,12-13H2,1H3. The van der Waals surface area contributed by atoms with E-state index in [9.17, 15) is 14.4 Å². The van der Waals surface area contributed by atoms with E-state index in [1.54, 1.807) is 25.5 Å². The predicted molar refractivity (Wildman–Crippen MR) is 118 cm³/mol. The van der Waals surface area contributed by atoms with Crippen molar-refractivity contribution in [2.45, 2.75) is 13.2 Å². The van der Waals surface area contributed by atoms with E-state index in [1.165, 1.54) is 15.7 Å². The number of carbonyl (C=O) groups is 1. The van der Waals surface area contributed by atoms with Crippen molar-refractivity contribution in [3.8, 4) is 0 Å². The van der Waals surface area contributed by atoms with E-state index >= 15 is 0 Å². The van der Waals surface area contributed by atoms with E-state index in [4.69, 9.17) is 9.68 Å². The molecule has 2 aliphatic rings. The van der Waals surface area contributed by atoms with Crippen LogP contribution in [0.5, 0.6) is 0 Å². The molecule has 0 radical (unpaired) electrons. The molecule has 9 nitrogen and oxygen atoms in total. The Balaban J connectivity index is 1.45. The topological polar surface area (TPSA) is 94.8 Å². The Bertz CT molecular complexity index is 1430. The first-order valence-corrected chi connectivity index (χ1v) is 10.6. The number of fused-ring (bicyclic) bond motifs is 2. The van der Waals surface area contributed by atoms with Gasteiger partial charge >= 0.3 is 11.7 Å². The quantitative estimate of drug-likeness (QED) is 0.596. The minimum absolute atomic E-state index is 0.0900. The maximum atomic E-state index is 13.1. The number of carbonyl (C=O) groups excluding carboxylic acids is 1. The van der Waals surface area contributed by atoms with Gasteiger partial charge in [-0.15, -0.1) is 11.3 Å². The fraction of sp³-hybridized carbons (Fsp3) is 0.136. The van der Waals surface area contributed by atoms with Crippen LogP contribution in [-0.4, -0.2) is 20.2 Å². The summed E-state index contributed by atoms with van der Waals surface area (Å²) in [6, 6.07) is 10.8. The first-order valence-electron chi connectivity index (χ1n) is 9.76. The molecule has 0 bridgehead atoms. The summed E-state index contributed by atoms with van der Waals surface area (Å²) in [4.78, 5) is 44.4. The molecule has 0 saturated heterocycles. The van der Waals surface area contributed by atoms with Gasteiger partial charge in [0.2, 0.25) is 0 Å². The Kier molecular flexibility index (Phi) is 5.00. The average Bonchev–Trinajstić information content (AvgIpc) is 3.47. The number of esters is 1. The lowest BCUT2D eigenvalue weighted by Gasteiger charge is -2.17. The minimum atomic E-state index is -0.535. The molecule has 10 heteroatoms. The zero-order valence-electron chi connectivity index (χ0n) is 17.0. The highest BCUT2D eigenvalue weighted by atomic mass is 32.1. The molecule has 0 saturated carbocycles. The lowest BCUT2D eigenvalue weighted by molar-refractivity contribution is -0.112. The molecule has 0 aliphatic carbocycles. The number of allylic oxidation sites excluding steroid dienone is 3. The van der Waals surface area contributed by atoms with Crippen LogP contribution in [0.3, 0.4) is 0 Å². The second-order valence-corrected chi connectivity index (χ2v) is 8.29. The van der Waals surface area contributed by atoms with Gasteiger partial charge in [0.25, 0.3) is 5.56 Å². The van der Waals surface area contributed by atoms with Gasteiger partial charge in [-0.25, -0.2) is 20.1 Å². The van der Waals surface area contributed by atoms with Crippen molar-refractivity contribution in [1.82, 2.24) is 19.7 Å². The number of nitrogens with zero attached hydrogens (tertiary/aromatic N) is 3. The highest BCUT2D eigenvalue weighted by Gasteiger charge is 2.21. The number of aromatic nitrogens is 2. The molecule has 3 aromatic rings. The van der Waals surface area contributed by atoms with E-state index in [2.05, 4.69) is 5.48 Å². The number of rotatable bonds is 5. The van der Waals surface area contributed by atoms with E-state index in [0.717, 1.165) is 32.7 Å². The number of aryl methyl sites for hydroxylation is 1. The van der Waals surface area contributed by atoms with Crippen molar-refractivity contribution >= 4 is 27.5 Å². The molecule has 2 aliphatic heterocycles. The molecular weight excluding hydrogens is 432 g/mol. The predicted octanol–water partition coefficient (Wildman–Crippen LogP) is 2.17. The van der Waals surface area contributed by atoms with Crippen molar-refractivity contribution in [3.63, 3.8) is 0 Å². The number of nitrogens with one attached hydrogen (secondary N) is 1. The largest absolute Gasteiger partial charge is 0.457 e. The molecule has 4 heterocycles. The van der Waals surface area contributed by atoms with Crippen molar-refractivity contribution in [2.24, 2.45) is 7.05 Å². The van der Waals surface area contributed by atoms with Gasteiger partial charge in [-0.1, -0.05) is 30.3 Å². The highest BCUT2D eigenvalue weighted by molar-refractivity contribution is 7.20. The molecular formula is C22H18N4O5S. The average molecular weight is 450 g/mol. The Hall–Kier alpha value is -3.89. The molecule has 0 atom stereocenters. The third-order valence-electron chi connectivity index (χ3n) is 5.13. The first kappa shape index (κ1) is 20.0. The molecule has 32 heavy (non-hydrogen) atoms. The van der Waals surface area contributed by atoms with Crippen LogP contribution < -0.4 is 16.7 Å². The highest BCUT2D eigenvalue weighted by Crippen LogP contribution is 2.24. The Morgan fingerprint density at radius 3 is 2.84 bits per heavy atom. The van der Waals surface area contributed by atoms with Gasteiger partial charge in [0.1, 0.15) is 16.3 Å². The van der Waals surface area contributed by atoms with Gasteiger partial charge < -0.3 is 4.74 Å². The van der Waals surface area contributed by atoms with Crippen LogP contribution >= 0.6 is 11.3 Å². The van der Waals surface area contributed by atoms with Gasteiger partial charge in [-0.3, -0.25) is 13.9 Å². The van der Waals surface area contributed by atoms with E-state index in [0.29, 0.717) is 10.2 Å². The molecule has 1 aromatic carbocycles. The van der Waals surface area contributed by atoms with E-state index in [1.807, 2.05) is 36.4 Å². The number of ether oxygens (including phenoxy) is 1. The molecule has 0 unspecified atom stereocenters. The molecule has 0 amide bonds. The lowest BCUT2D eigenvalue weighted by atomic mass is 10.1. The SMILES string of the molecule is Cn1c(=O)n(CC2=CC3=CNON3C=C2)c(=O)c2cc(C(=O)OCc3ccccc3)sc21. The van der Waals surface area contributed by atoms with Crippen LogP contribution in [0.25, 0.3) is 10.2 Å². The fourth-order valence-corrected chi connectivity index (χ4v) is 4.48. The number of hydrogen-bond acceptors (Lipinski definition) is 8. The summed E-state index contributed by atoms with van der Waals surface area (Å²) in [5, 5.41) is 1.83. The zero-order valence-corrected chi connectivity index (χ0v) is 17.8. The summed E-state index contributed by atoms with van der Waals surface area (Å²) in [6.45, 7) is 0.218. The second-order valence-electron chi connectivity index (χ2n) is 7.26. The van der Waals surface area contributed by atoms with Crippen LogP contribution in [0, 0.1) is 0 Å². The summed E-state index contributed by atoms with van der Waals surface area (Å²) >= 11 is 1.07. The van der Waals surface area contributed by atoms with Crippen molar-refractivity contribution in [2.75, 3.05) is 0 Å². The summed E-state index contributed by atoms with van der Waals surface area (Å²) in [6.07, 6.45) is 6.94. The Labute approximate surface area is 185 Å².